The zero-order valence-electron chi connectivity index (χ0n) is 9.60. The molecule has 0 saturated carbocycles. The highest BCUT2D eigenvalue weighted by molar-refractivity contribution is 8.01. The van der Waals surface area contributed by atoms with E-state index in [0.717, 1.165) is 10.5 Å². The van der Waals surface area contributed by atoms with Crippen LogP contribution in [0.25, 0.3) is 0 Å². The number of rotatable bonds is 1. The Labute approximate surface area is 108 Å². The highest BCUT2D eigenvalue weighted by Crippen LogP contribution is 2.51. The third-order valence-corrected chi connectivity index (χ3v) is 5.19. The largest absolute Gasteiger partial charge is 0.378 e. The first kappa shape index (κ1) is 11.9. The standard InChI is InChI=1S/C12H12FNO3S/c13-11-7-17-4-3-12(11)6-8-5-9(14(15)16)1-2-10(8)18-12/h1-2,5,11H,3-4,6-7H2. The maximum atomic E-state index is 14.1. The number of alkyl halides is 1. The van der Waals surface area contributed by atoms with Gasteiger partial charge >= 0.3 is 0 Å². The van der Waals surface area contributed by atoms with Crippen LogP contribution >= 0.6 is 11.8 Å². The molecule has 1 saturated heterocycles. The van der Waals surface area contributed by atoms with Crippen molar-refractivity contribution in [2.75, 3.05) is 13.2 Å². The fraction of sp³-hybridized carbons (Fsp3) is 0.500. The van der Waals surface area contributed by atoms with Gasteiger partial charge in [-0.2, -0.15) is 0 Å². The number of fused-ring (bicyclic) bond motifs is 1. The van der Waals surface area contributed by atoms with E-state index in [9.17, 15) is 14.5 Å². The molecule has 0 radical (unpaired) electrons. The van der Waals surface area contributed by atoms with Gasteiger partial charge in [0, 0.05) is 23.6 Å². The lowest BCUT2D eigenvalue weighted by atomic mass is 9.90. The van der Waals surface area contributed by atoms with Crippen molar-refractivity contribution >= 4 is 17.4 Å². The maximum Gasteiger partial charge on any atom is 0.269 e. The molecule has 0 bridgehead atoms. The van der Waals surface area contributed by atoms with Crippen LogP contribution in [-0.2, 0) is 11.2 Å². The molecule has 3 rings (SSSR count). The van der Waals surface area contributed by atoms with Crippen LogP contribution in [0.1, 0.15) is 12.0 Å². The molecule has 6 heteroatoms. The Morgan fingerprint density at radius 3 is 3.11 bits per heavy atom. The van der Waals surface area contributed by atoms with Crippen molar-refractivity contribution < 1.29 is 14.1 Å². The van der Waals surface area contributed by atoms with Crippen molar-refractivity contribution in [3.63, 3.8) is 0 Å². The van der Waals surface area contributed by atoms with Crippen LogP contribution in [-0.4, -0.2) is 29.1 Å². The number of hydrogen-bond donors (Lipinski definition) is 0. The summed E-state index contributed by atoms with van der Waals surface area (Å²) in [5, 5.41) is 10.7. The normalized spacial score (nSPS) is 30.4. The second-order valence-corrected chi connectivity index (χ2v) is 6.14. The van der Waals surface area contributed by atoms with Gasteiger partial charge in [0.2, 0.25) is 0 Å². The molecule has 1 spiro atoms. The predicted octanol–water partition coefficient (Wildman–Crippen LogP) is 2.74. The Morgan fingerprint density at radius 2 is 2.39 bits per heavy atom. The molecule has 0 amide bonds. The average molecular weight is 269 g/mol. The van der Waals surface area contributed by atoms with E-state index in [1.54, 1.807) is 12.1 Å². The molecule has 1 aromatic rings. The van der Waals surface area contributed by atoms with Gasteiger partial charge in [-0.15, -0.1) is 11.8 Å². The first-order valence-corrected chi connectivity index (χ1v) is 6.60. The van der Waals surface area contributed by atoms with Gasteiger partial charge in [-0.05, 0) is 24.5 Å². The first-order valence-electron chi connectivity index (χ1n) is 5.79. The number of nitro groups is 1. The highest BCUT2D eigenvalue weighted by Gasteiger charge is 2.47. The molecule has 0 aromatic heterocycles. The van der Waals surface area contributed by atoms with Gasteiger partial charge in [0.15, 0.2) is 0 Å². The van der Waals surface area contributed by atoms with Gasteiger partial charge in [-0.25, -0.2) is 4.39 Å². The zero-order chi connectivity index (χ0) is 12.8. The van der Waals surface area contributed by atoms with E-state index < -0.39 is 15.8 Å². The second-order valence-electron chi connectivity index (χ2n) is 4.69. The molecule has 0 N–H and O–H groups in total. The number of ether oxygens (including phenoxy) is 1. The first-order chi connectivity index (χ1) is 8.61. The van der Waals surface area contributed by atoms with Crippen LogP contribution in [0, 0.1) is 10.1 Å². The molecule has 2 heterocycles. The van der Waals surface area contributed by atoms with Crippen molar-refractivity contribution in [2.24, 2.45) is 0 Å². The summed E-state index contributed by atoms with van der Waals surface area (Å²) in [4.78, 5) is 11.3. The molecule has 96 valence electrons. The summed E-state index contributed by atoms with van der Waals surface area (Å²) in [6, 6.07) is 4.78. The minimum atomic E-state index is -1.01. The SMILES string of the molecule is O=[N+]([O-])c1ccc2c(c1)CC1(CCOCC1F)S2. The van der Waals surface area contributed by atoms with Gasteiger partial charge in [0.1, 0.15) is 6.17 Å². The van der Waals surface area contributed by atoms with Crippen molar-refractivity contribution in [3.8, 4) is 0 Å². The van der Waals surface area contributed by atoms with E-state index in [1.807, 2.05) is 0 Å². The number of non-ortho nitro benzene ring substituents is 1. The van der Waals surface area contributed by atoms with Crippen molar-refractivity contribution in [1.29, 1.82) is 0 Å². The number of benzene rings is 1. The van der Waals surface area contributed by atoms with E-state index in [2.05, 4.69) is 0 Å². The Balaban J connectivity index is 1.92. The number of thioether (sulfide) groups is 1. The molecule has 0 aliphatic carbocycles. The summed E-state index contributed by atoms with van der Waals surface area (Å²) < 4.78 is 18.7. The van der Waals surface area contributed by atoms with Crippen LogP contribution in [0.3, 0.4) is 0 Å². The third kappa shape index (κ3) is 1.80. The van der Waals surface area contributed by atoms with Crippen LogP contribution < -0.4 is 0 Å². The lowest BCUT2D eigenvalue weighted by molar-refractivity contribution is -0.385. The van der Waals surface area contributed by atoms with E-state index >= 15 is 0 Å². The van der Waals surface area contributed by atoms with E-state index in [1.165, 1.54) is 17.8 Å². The molecule has 2 atom stereocenters. The molecule has 1 aromatic carbocycles. The van der Waals surface area contributed by atoms with Gasteiger partial charge in [-0.1, -0.05) is 0 Å². The predicted molar refractivity (Wildman–Crippen MR) is 65.7 cm³/mol. The molecule has 2 unspecified atom stereocenters. The molecule has 18 heavy (non-hydrogen) atoms. The molecule has 2 aliphatic heterocycles. The lowest BCUT2D eigenvalue weighted by Crippen LogP contribution is -2.44. The summed E-state index contributed by atoms with van der Waals surface area (Å²) in [6.07, 6.45) is 0.197. The van der Waals surface area contributed by atoms with Crippen LogP contribution in [0.5, 0.6) is 0 Å². The van der Waals surface area contributed by atoms with E-state index in [0.29, 0.717) is 19.4 Å². The fourth-order valence-corrected chi connectivity index (χ4v) is 3.99. The van der Waals surface area contributed by atoms with Crippen molar-refractivity contribution in [2.45, 2.75) is 28.7 Å². The topological polar surface area (TPSA) is 52.4 Å². The Bertz CT molecular complexity index is 510. The van der Waals surface area contributed by atoms with Gasteiger partial charge in [-0.3, -0.25) is 10.1 Å². The summed E-state index contributed by atoms with van der Waals surface area (Å²) in [6.45, 7) is 0.687. The third-order valence-electron chi connectivity index (χ3n) is 3.56. The molecular weight excluding hydrogens is 257 g/mol. The van der Waals surface area contributed by atoms with Crippen molar-refractivity contribution in [1.82, 2.24) is 0 Å². The maximum absolute atomic E-state index is 14.1. The van der Waals surface area contributed by atoms with Gasteiger partial charge < -0.3 is 4.74 Å². The summed E-state index contributed by atoms with van der Waals surface area (Å²) in [7, 11) is 0. The van der Waals surface area contributed by atoms with Gasteiger partial charge in [0.05, 0.1) is 16.3 Å². The Kier molecular flexibility index (Phi) is 2.79. The smallest absolute Gasteiger partial charge is 0.269 e. The highest BCUT2D eigenvalue weighted by atomic mass is 32.2. The minimum absolute atomic E-state index is 0.0777. The van der Waals surface area contributed by atoms with E-state index in [4.69, 9.17) is 4.74 Å². The van der Waals surface area contributed by atoms with Crippen LogP contribution in [0.4, 0.5) is 10.1 Å². The number of nitro benzene ring substituents is 1. The number of halogens is 1. The number of nitrogens with zero attached hydrogens (tertiary/aromatic N) is 1. The van der Waals surface area contributed by atoms with E-state index in [-0.39, 0.29) is 12.3 Å². The zero-order valence-corrected chi connectivity index (χ0v) is 10.4. The lowest BCUT2D eigenvalue weighted by Gasteiger charge is -2.35. The second kappa shape index (κ2) is 4.20. The fourth-order valence-electron chi connectivity index (χ4n) is 2.55. The van der Waals surface area contributed by atoms with Gasteiger partial charge in [0.25, 0.3) is 5.69 Å². The van der Waals surface area contributed by atoms with Crippen LogP contribution in [0.2, 0.25) is 0 Å². The summed E-state index contributed by atoms with van der Waals surface area (Å²) >= 11 is 1.51. The van der Waals surface area contributed by atoms with Crippen LogP contribution in [0.15, 0.2) is 23.1 Å². The summed E-state index contributed by atoms with van der Waals surface area (Å²) in [5.41, 5.74) is 0.965. The molecular formula is C12H12FNO3S. The minimum Gasteiger partial charge on any atom is -0.378 e. The molecule has 1 fully saturated rings. The quantitative estimate of drug-likeness (QED) is 0.581. The molecule has 2 aliphatic rings. The number of hydrogen-bond acceptors (Lipinski definition) is 4. The molecule has 4 nitrogen and oxygen atoms in total. The monoisotopic (exact) mass is 269 g/mol. The summed E-state index contributed by atoms with van der Waals surface area (Å²) in [5.74, 6) is 0. The average Bonchev–Trinajstić information content (AvgIpc) is 2.71. The Hall–Kier alpha value is -1.14. The van der Waals surface area contributed by atoms with Crippen molar-refractivity contribution in [3.05, 3.63) is 33.9 Å². The Morgan fingerprint density at radius 1 is 1.56 bits per heavy atom.